The quantitative estimate of drug-likeness (QED) is 0.868. The number of benzene rings is 1. The van der Waals surface area contributed by atoms with Crippen molar-refractivity contribution in [2.75, 3.05) is 13.1 Å². The molecule has 6 rings (SSSR count). The summed E-state index contributed by atoms with van der Waals surface area (Å²) in [5, 5.41) is 22.6. The third-order valence-corrected chi connectivity index (χ3v) is 8.06. The van der Waals surface area contributed by atoms with E-state index in [4.69, 9.17) is 4.74 Å². The van der Waals surface area contributed by atoms with Crippen molar-refractivity contribution in [3.05, 3.63) is 23.3 Å². The molecule has 0 amide bonds. The molecule has 3 aliphatic carbocycles. The first-order chi connectivity index (χ1) is 12.0. The lowest BCUT2D eigenvalue weighted by atomic mass is 9.47. The number of aromatic hydroxyl groups is 1. The van der Waals surface area contributed by atoms with Crippen LogP contribution in [-0.2, 0) is 11.8 Å². The van der Waals surface area contributed by atoms with Gasteiger partial charge in [-0.1, -0.05) is 13.0 Å². The standard InChI is InChI=1S/C21H27NO3/c1-12-6-7-21(24)16-10-14-4-5-15(23)18-17(14)20(21,19(12)25-18)8-9-22(16)11-13-2-3-13/h4-5,12-13,16,19,23-24H,2-3,6-11H2,1H3/t12?,16-,19?,20+,21-/m1/s1. The molecule has 2 N–H and O–H groups in total. The van der Waals surface area contributed by atoms with Crippen LogP contribution in [0.2, 0.25) is 0 Å². The largest absolute Gasteiger partial charge is 0.504 e. The predicted molar refractivity (Wildman–Crippen MR) is 94.0 cm³/mol. The Balaban J connectivity index is 1.57. The van der Waals surface area contributed by atoms with E-state index in [2.05, 4.69) is 17.9 Å². The van der Waals surface area contributed by atoms with Crippen molar-refractivity contribution >= 4 is 0 Å². The molecule has 1 aromatic rings. The number of likely N-dealkylation sites (tertiary alicyclic amines) is 1. The summed E-state index contributed by atoms with van der Waals surface area (Å²) in [4.78, 5) is 2.59. The molecule has 2 unspecified atom stereocenters. The average Bonchev–Trinajstić information content (AvgIpc) is 3.32. The molecule has 2 bridgehead atoms. The van der Waals surface area contributed by atoms with E-state index in [9.17, 15) is 10.2 Å². The van der Waals surface area contributed by atoms with E-state index in [1.54, 1.807) is 6.07 Å². The third kappa shape index (κ3) is 1.62. The normalized spacial score (nSPS) is 44.3. The molecule has 4 nitrogen and oxygen atoms in total. The summed E-state index contributed by atoms with van der Waals surface area (Å²) in [5.74, 6) is 2.17. The number of rotatable bonds is 2. The first-order valence-electron chi connectivity index (χ1n) is 10.0. The predicted octanol–water partition coefficient (Wildman–Crippen LogP) is 2.59. The lowest BCUT2D eigenvalue weighted by Gasteiger charge is -2.64. The highest BCUT2D eigenvalue weighted by atomic mass is 16.5. The molecule has 2 heterocycles. The molecule has 134 valence electrons. The maximum Gasteiger partial charge on any atom is 0.165 e. The van der Waals surface area contributed by atoms with Crippen molar-refractivity contribution in [3.8, 4) is 11.5 Å². The van der Waals surface area contributed by atoms with E-state index in [-0.39, 0.29) is 23.3 Å². The van der Waals surface area contributed by atoms with Gasteiger partial charge < -0.3 is 14.9 Å². The molecule has 2 aliphatic heterocycles. The second-order valence-corrected chi connectivity index (χ2v) is 9.31. The highest BCUT2D eigenvalue weighted by Gasteiger charge is 2.72. The summed E-state index contributed by atoms with van der Waals surface area (Å²) in [7, 11) is 0. The number of piperidine rings is 1. The second-order valence-electron chi connectivity index (χ2n) is 9.31. The summed E-state index contributed by atoms with van der Waals surface area (Å²) < 4.78 is 6.39. The van der Waals surface area contributed by atoms with E-state index in [1.807, 2.05) is 0 Å². The lowest BCUT2D eigenvalue weighted by Crippen LogP contribution is -2.76. The van der Waals surface area contributed by atoms with Crippen LogP contribution >= 0.6 is 0 Å². The van der Waals surface area contributed by atoms with E-state index < -0.39 is 5.60 Å². The van der Waals surface area contributed by atoms with Crippen LogP contribution in [0.25, 0.3) is 0 Å². The van der Waals surface area contributed by atoms with Gasteiger partial charge in [0.1, 0.15) is 6.10 Å². The van der Waals surface area contributed by atoms with Crippen LogP contribution in [0, 0.1) is 11.8 Å². The maximum absolute atomic E-state index is 12.1. The Morgan fingerprint density at radius 1 is 1.24 bits per heavy atom. The van der Waals surface area contributed by atoms with Crippen molar-refractivity contribution in [1.82, 2.24) is 4.90 Å². The number of hydrogen-bond donors (Lipinski definition) is 2. The van der Waals surface area contributed by atoms with Gasteiger partial charge in [0.2, 0.25) is 0 Å². The topological polar surface area (TPSA) is 52.9 Å². The first kappa shape index (κ1) is 14.9. The van der Waals surface area contributed by atoms with Crippen LogP contribution in [-0.4, -0.2) is 45.9 Å². The molecule has 2 saturated carbocycles. The molecule has 0 radical (unpaired) electrons. The summed E-state index contributed by atoms with van der Waals surface area (Å²) in [5.41, 5.74) is 1.40. The highest BCUT2D eigenvalue weighted by Crippen LogP contribution is 2.66. The fraction of sp³-hybridized carbons (Fsp3) is 0.714. The summed E-state index contributed by atoms with van der Waals surface area (Å²) in [6, 6.07) is 4.06. The minimum Gasteiger partial charge on any atom is -0.504 e. The minimum absolute atomic E-state index is 0.000764. The van der Waals surface area contributed by atoms with Gasteiger partial charge in [-0.3, -0.25) is 4.90 Å². The van der Waals surface area contributed by atoms with E-state index in [1.165, 1.54) is 18.4 Å². The first-order valence-corrected chi connectivity index (χ1v) is 10.0. The van der Waals surface area contributed by atoms with Crippen molar-refractivity contribution < 1.29 is 14.9 Å². The van der Waals surface area contributed by atoms with Crippen LogP contribution in [0.3, 0.4) is 0 Å². The fourth-order valence-corrected chi connectivity index (χ4v) is 6.73. The van der Waals surface area contributed by atoms with Gasteiger partial charge in [0.25, 0.3) is 0 Å². The number of aliphatic hydroxyl groups is 1. The summed E-state index contributed by atoms with van der Waals surface area (Å²) in [6.07, 6.45) is 6.39. The number of hydrogen-bond acceptors (Lipinski definition) is 4. The summed E-state index contributed by atoms with van der Waals surface area (Å²) >= 11 is 0. The minimum atomic E-state index is -0.719. The smallest absolute Gasteiger partial charge is 0.165 e. The van der Waals surface area contributed by atoms with Crippen LogP contribution in [0.5, 0.6) is 11.5 Å². The van der Waals surface area contributed by atoms with Gasteiger partial charge >= 0.3 is 0 Å². The monoisotopic (exact) mass is 341 g/mol. The van der Waals surface area contributed by atoms with Crippen molar-refractivity contribution in [3.63, 3.8) is 0 Å². The Morgan fingerprint density at radius 2 is 2.08 bits per heavy atom. The molecule has 5 aliphatic rings. The van der Waals surface area contributed by atoms with Crippen LogP contribution in [0.4, 0.5) is 0 Å². The Morgan fingerprint density at radius 3 is 2.88 bits per heavy atom. The number of phenols is 1. The van der Waals surface area contributed by atoms with Crippen LogP contribution in [0.1, 0.15) is 50.2 Å². The fourth-order valence-electron chi connectivity index (χ4n) is 6.73. The van der Waals surface area contributed by atoms with E-state index in [0.29, 0.717) is 11.7 Å². The zero-order valence-corrected chi connectivity index (χ0v) is 14.9. The van der Waals surface area contributed by atoms with Gasteiger partial charge in [-0.15, -0.1) is 0 Å². The van der Waals surface area contributed by atoms with E-state index in [0.717, 1.165) is 50.3 Å². The Labute approximate surface area is 148 Å². The molecular weight excluding hydrogens is 314 g/mol. The SMILES string of the molecule is CC1CC[C@@]2(O)[C@H]3Cc4ccc(O)c5c4[C@@]2(CCN3CC2CC2)C1O5. The van der Waals surface area contributed by atoms with Gasteiger partial charge in [-0.2, -0.15) is 0 Å². The Bertz CT molecular complexity index is 760. The molecule has 0 aromatic heterocycles. The molecule has 4 heteroatoms. The van der Waals surface area contributed by atoms with Gasteiger partial charge in [-0.25, -0.2) is 0 Å². The molecule has 3 fully saturated rings. The second kappa shape index (κ2) is 4.52. The van der Waals surface area contributed by atoms with Gasteiger partial charge in [-0.05, 0) is 68.5 Å². The van der Waals surface area contributed by atoms with Gasteiger partial charge in [0, 0.05) is 18.2 Å². The van der Waals surface area contributed by atoms with Crippen LogP contribution < -0.4 is 4.74 Å². The number of nitrogens with zero attached hydrogens (tertiary/aromatic N) is 1. The zero-order valence-electron chi connectivity index (χ0n) is 14.9. The third-order valence-electron chi connectivity index (χ3n) is 8.06. The molecule has 1 aromatic carbocycles. The molecule has 1 spiro atoms. The average molecular weight is 341 g/mol. The van der Waals surface area contributed by atoms with Crippen molar-refractivity contribution in [1.29, 1.82) is 0 Å². The zero-order chi connectivity index (χ0) is 17.0. The molecule has 1 saturated heterocycles. The maximum atomic E-state index is 12.1. The lowest BCUT2D eigenvalue weighted by molar-refractivity contribution is -0.196. The van der Waals surface area contributed by atoms with Crippen molar-refractivity contribution in [2.24, 2.45) is 11.8 Å². The van der Waals surface area contributed by atoms with Gasteiger partial charge in [0.05, 0.1) is 11.0 Å². The highest BCUT2D eigenvalue weighted by molar-refractivity contribution is 5.62. The van der Waals surface area contributed by atoms with Crippen molar-refractivity contribution in [2.45, 2.75) is 68.6 Å². The Hall–Kier alpha value is -1.26. The Kier molecular flexibility index (Phi) is 2.69. The van der Waals surface area contributed by atoms with Crippen LogP contribution in [0.15, 0.2) is 12.1 Å². The number of ether oxygens (including phenoxy) is 1. The van der Waals surface area contributed by atoms with E-state index >= 15 is 0 Å². The molecule has 5 atom stereocenters. The molecule has 25 heavy (non-hydrogen) atoms. The molecular formula is C21H27NO3. The number of phenolic OH excluding ortho intramolecular Hbond substituents is 1. The van der Waals surface area contributed by atoms with Gasteiger partial charge in [0.15, 0.2) is 11.5 Å². The summed E-state index contributed by atoms with van der Waals surface area (Å²) in [6.45, 7) is 4.44.